The molecule has 0 heterocycles. The van der Waals surface area contributed by atoms with Gasteiger partial charge in [0.15, 0.2) is 5.78 Å². The third kappa shape index (κ3) is 11.5. The van der Waals surface area contributed by atoms with Crippen molar-refractivity contribution in [2.45, 2.75) is 65.2 Å². The number of carbonyl (C=O) groups excluding carboxylic acids is 2. The van der Waals surface area contributed by atoms with E-state index in [1.165, 1.54) is 0 Å². The molecule has 0 aliphatic rings. The van der Waals surface area contributed by atoms with Gasteiger partial charge in [0.2, 0.25) is 0 Å². The summed E-state index contributed by atoms with van der Waals surface area (Å²) in [6, 6.07) is -1.47. The van der Waals surface area contributed by atoms with Gasteiger partial charge in [-0.05, 0) is 34.6 Å². The lowest BCUT2D eigenvalue weighted by Gasteiger charge is -2.22. The topological polar surface area (TPSA) is 135 Å². The molecule has 0 rings (SSSR count). The van der Waals surface area contributed by atoms with Crippen LogP contribution in [0.15, 0.2) is 0 Å². The van der Waals surface area contributed by atoms with Gasteiger partial charge in [-0.1, -0.05) is 0 Å². The normalized spacial score (nSPS) is 13.6. The minimum absolute atomic E-state index is 0.0454. The largest absolute Gasteiger partial charge is 0.480 e. The molecule has 9 heteroatoms. The van der Waals surface area contributed by atoms with Crippen molar-refractivity contribution in [3.05, 3.63) is 0 Å². The lowest BCUT2D eigenvalue weighted by molar-refractivity contribution is -0.140. The lowest BCUT2D eigenvalue weighted by Crippen LogP contribution is -2.45. The molecule has 0 aromatic heterocycles. The van der Waals surface area contributed by atoms with Crippen molar-refractivity contribution in [1.29, 1.82) is 5.41 Å². The van der Waals surface area contributed by atoms with Crippen LogP contribution in [0.3, 0.4) is 0 Å². The third-order valence-corrected chi connectivity index (χ3v) is 3.04. The molecule has 0 aliphatic heterocycles. The van der Waals surface area contributed by atoms with Gasteiger partial charge < -0.3 is 30.0 Å². The molecule has 26 heavy (non-hydrogen) atoms. The van der Waals surface area contributed by atoms with Crippen LogP contribution in [-0.2, 0) is 23.8 Å². The second-order valence-electron chi connectivity index (χ2n) is 6.73. The number of hydrogen-bond donors (Lipinski definition) is 3. The first-order valence-electron chi connectivity index (χ1n) is 8.48. The van der Waals surface area contributed by atoms with Crippen LogP contribution in [0.1, 0.15) is 47.5 Å². The Kier molecular flexibility index (Phi) is 10.7. The first kappa shape index (κ1) is 24.0. The zero-order valence-electron chi connectivity index (χ0n) is 16.1. The Morgan fingerprint density at radius 2 is 1.77 bits per heavy atom. The third-order valence-electron chi connectivity index (χ3n) is 3.04. The highest BCUT2D eigenvalue weighted by Crippen LogP contribution is 2.08. The summed E-state index contributed by atoms with van der Waals surface area (Å²) in [5, 5.41) is 19.1. The molecule has 2 atom stereocenters. The van der Waals surface area contributed by atoms with Gasteiger partial charge in [0.05, 0.1) is 25.0 Å². The number of carbonyl (C=O) groups is 3. The smallest absolute Gasteiger partial charge is 0.408 e. The van der Waals surface area contributed by atoms with Crippen molar-refractivity contribution >= 4 is 23.6 Å². The summed E-state index contributed by atoms with van der Waals surface area (Å²) >= 11 is 0. The molecule has 3 N–H and O–H groups in total. The van der Waals surface area contributed by atoms with Gasteiger partial charge in [0.25, 0.3) is 0 Å². The number of amides is 1. The molecule has 0 spiro atoms. The van der Waals surface area contributed by atoms with E-state index in [1.807, 2.05) is 6.92 Å². The summed E-state index contributed by atoms with van der Waals surface area (Å²) in [5.74, 6) is -2.05. The van der Waals surface area contributed by atoms with Gasteiger partial charge in [-0.25, -0.2) is 9.59 Å². The summed E-state index contributed by atoms with van der Waals surface area (Å²) in [6.07, 6.45) is -1.80. The number of Topliss-reactive ketones (excluding diaryl/α,β-unsaturated/α-hetero) is 1. The van der Waals surface area contributed by atoms with Crippen LogP contribution >= 0.6 is 0 Å². The van der Waals surface area contributed by atoms with Gasteiger partial charge in [0.1, 0.15) is 11.6 Å². The SMILES string of the molecule is CCOCCOC(C)CC(=N)C(=O)C[C@H](NC(=O)OC(C)(C)C)C(=O)O. The predicted octanol–water partition coefficient (Wildman–Crippen LogP) is 1.77. The molecule has 0 saturated carbocycles. The number of ketones is 1. The molecule has 0 radical (unpaired) electrons. The van der Waals surface area contributed by atoms with Crippen LogP contribution in [0.2, 0.25) is 0 Å². The average molecular weight is 374 g/mol. The van der Waals surface area contributed by atoms with Gasteiger partial charge >= 0.3 is 12.1 Å². The van der Waals surface area contributed by atoms with E-state index >= 15 is 0 Å². The molecule has 150 valence electrons. The Hall–Kier alpha value is -2.00. The number of aliphatic carboxylic acids is 1. The summed E-state index contributed by atoms with van der Waals surface area (Å²) < 4.78 is 15.5. The van der Waals surface area contributed by atoms with E-state index in [2.05, 4.69) is 5.32 Å². The molecular formula is C17H30N2O7. The van der Waals surface area contributed by atoms with E-state index in [4.69, 9.17) is 24.7 Å². The van der Waals surface area contributed by atoms with Crippen molar-refractivity contribution in [3.8, 4) is 0 Å². The zero-order valence-corrected chi connectivity index (χ0v) is 16.1. The predicted molar refractivity (Wildman–Crippen MR) is 94.7 cm³/mol. The van der Waals surface area contributed by atoms with E-state index in [1.54, 1.807) is 27.7 Å². The van der Waals surface area contributed by atoms with Gasteiger partial charge in [-0.3, -0.25) is 4.79 Å². The molecule has 1 unspecified atom stereocenters. The molecular weight excluding hydrogens is 344 g/mol. The average Bonchev–Trinajstić information content (AvgIpc) is 2.48. The number of carboxylic acids is 1. The Morgan fingerprint density at radius 3 is 2.27 bits per heavy atom. The maximum absolute atomic E-state index is 12.1. The molecule has 0 fully saturated rings. The Morgan fingerprint density at radius 1 is 1.15 bits per heavy atom. The van der Waals surface area contributed by atoms with Crippen molar-refractivity contribution in [2.24, 2.45) is 0 Å². The highest BCUT2D eigenvalue weighted by atomic mass is 16.6. The van der Waals surface area contributed by atoms with E-state index in [0.717, 1.165) is 0 Å². The van der Waals surface area contributed by atoms with Crippen molar-refractivity contribution < 1.29 is 33.7 Å². The highest BCUT2D eigenvalue weighted by molar-refractivity contribution is 6.39. The minimum atomic E-state index is -1.47. The lowest BCUT2D eigenvalue weighted by atomic mass is 10.0. The second-order valence-corrected chi connectivity index (χ2v) is 6.73. The van der Waals surface area contributed by atoms with E-state index < -0.39 is 35.9 Å². The molecule has 0 aliphatic carbocycles. The van der Waals surface area contributed by atoms with Crippen LogP contribution in [0, 0.1) is 5.41 Å². The molecule has 0 aromatic rings. The maximum atomic E-state index is 12.1. The van der Waals surface area contributed by atoms with E-state index in [-0.39, 0.29) is 18.2 Å². The summed E-state index contributed by atoms with van der Waals surface area (Å²) in [7, 11) is 0. The van der Waals surface area contributed by atoms with Crippen LogP contribution in [0.25, 0.3) is 0 Å². The fourth-order valence-corrected chi connectivity index (χ4v) is 1.87. The number of rotatable bonds is 12. The number of carboxylic acid groups (broad SMARTS) is 1. The molecule has 0 bridgehead atoms. The number of alkyl carbamates (subject to hydrolysis) is 1. The second kappa shape index (κ2) is 11.6. The number of nitrogens with one attached hydrogen (secondary N) is 2. The highest BCUT2D eigenvalue weighted by Gasteiger charge is 2.27. The van der Waals surface area contributed by atoms with Gasteiger partial charge in [-0.15, -0.1) is 0 Å². The van der Waals surface area contributed by atoms with Gasteiger partial charge in [-0.2, -0.15) is 0 Å². The zero-order chi connectivity index (χ0) is 20.3. The molecule has 1 amide bonds. The first-order chi connectivity index (χ1) is 12.0. The fraction of sp³-hybridized carbons (Fsp3) is 0.765. The van der Waals surface area contributed by atoms with Crippen molar-refractivity contribution in [2.75, 3.05) is 19.8 Å². The standard InChI is InChI=1S/C17H30N2O7/c1-6-24-7-8-25-11(2)9-12(18)14(20)10-13(15(21)22)19-16(23)26-17(3,4)5/h11,13,18H,6-10H2,1-5H3,(H,19,23)(H,21,22)/t11?,13-/m0/s1. The van der Waals surface area contributed by atoms with E-state index in [0.29, 0.717) is 19.8 Å². The summed E-state index contributed by atoms with van der Waals surface area (Å²) in [4.78, 5) is 35.0. The van der Waals surface area contributed by atoms with Crippen LogP contribution in [-0.4, -0.2) is 66.2 Å². The van der Waals surface area contributed by atoms with Crippen molar-refractivity contribution in [1.82, 2.24) is 5.32 Å². The quantitative estimate of drug-likeness (QED) is 0.350. The van der Waals surface area contributed by atoms with Gasteiger partial charge in [0, 0.05) is 19.4 Å². The van der Waals surface area contributed by atoms with E-state index in [9.17, 15) is 14.4 Å². The fourth-order valence-electron chi connectivity index (χ4n) is 1.87. The van der Waals surface area contributed by atoms with Crippen LogP contribution < -0.4 is 5.32 Å². The molecule has 0 aromatic carbocycles. The van der Waals surface area contributed by atoms with Crippen molar-refractivity contribution in [3.63, 3.8) is 0 Å². The summed E-state index contributed by atoms with van der Waals surface area (Å²) in [5.41, 5.74) is -1.05. The minimum Gasteiger partial charge on any atom is -0.480 e. The molecule has 9 nitrogen and oxygen atoms in total. The Labute approximate surface area is 153 Å². The number of hydrogen-bond acceptors (Lipinski definition) is 7. The Bertz CT molecular complexity index is 500. The maximum Gasteiger partial charge on any atom is 0.408 e. The number of ether oxygens (including phenoxy) is 3. The first-order valence-corrected chi connectivity index (χ1v) is 8.48. The van der Waals surface area contributed by atoms with Crippen LogP contribution in [0.4, 0.5) is 4.79 Å². The molecule has 0 saturated heterocycles. The monoisotopic (exact) mass is 374 g/mol. The van der Waals surface area contributed by atoms with Crippen LogP contribution in [0.5, 0.6) is 0 Å². The summed E-state index contributed by atoms with van der Waals surface area (Å²) in [6.45, 7) is 9.82. The Balaban J connectivity index is 4.50.